The van der Waals surface area contributed by atoms with Crippen LogP contribution in [0.2, 0.25) is 0 Å². The number of carbonyl (C=O) groups excluding carboxylic acids is 2. The van der Waals surface area contributed by atoms with Gasteiger partial charge in [-0.3, -0.25) is 14.5 Å². The van der Waals surface area contributed by atoms with E-state index < -0.39 is 0 Å². The molecule has 1 fully saturated rings. The van der Waals surface area contributed by atoms with E-state index >= 15 is 0 Å². The Morgan fingerprint density at radius 1 is 1.23 bits per heavy atom. The van der Waals surface area contributed by atoms with E-state index in [1.165, 1.54) is 16.7 Å². The van der Waals surface area contributed by atoms with E-state index in [-0.39, 0.29) is 18.4 Å². The number of anilines is 1. The first-order chi connectivity index (χ1) is 14.4. The molecular formula is C23H22N2O3S2. The van der Waals surface area contributed by atoms with Gasteiger partial charge < -0.3 is 10.1 Å². The molecule has 1 aliphatic rings. The number of amides is 2. The zero-order valence-corrected chi connectivity index (χ0v) is 18.4. The average Bonchev–Trinajstić information content (AvgIpc) is 2.97. The molecule has 0 atom stereocenters. The Labute approximate surface area is 185 Å². The van der Waals surface area contributed by atoms with E-state index in [0.717, 1.165) is 22.4 Å². The third-order valence-electron chi connectivity index (χ3n) is 4.46. The molecule has 30 heavy (non-hydrogen) atoms. The zero-order valence-electron chi connectivity index (χ0n) is 16.8. The molecule has 5 nitrogen and oxygen atoms in total. The lowest BCUT2D eigenvalue weighted by molar-refractivity contribution is -0.121. The number of ether oxygens (including phenoxy) is 1. The highest BCUT2D eigenvalue weighted by Crippen LogP contribution is 2.32. The van der Waals surface area contributed by atoms with E-state index in [1.807, 2.05) is 44.2 Å². The van der Waals surface area contributed by atoms with Crippen molar-refractivity contribution in [2.24, 2.45) is 0 Å². The van der Waals surface area contributed by atoms with Crippen molar-refractivity contribution in [1.82, 2.24) is 4.90 Å². The van der Waals surface area contributed by atoms with Crippen LogP contribution >= 0.6 is 24.0 Å². The minimum atomic E-state index is -0.233. The Balaban J connectivity index is 1.65. The van der Waals surface area contributed by atoms with Crippen molar-refractivity contribution in [1.29, 1.82) is 0 Å². The molecule has 0 spiro atoms. The number of para-hydroxylation sites is 1. The molecule has 1 saturated heterocycles. The summed E-state index contributed by atoms with van der Waals surface area (Å²) in [4.78, 5) is 26.8. The molecule has 1 aliphatic heterocycles. The van der Waals surface area contributed by atoms with Crippen LogP contribution in [0.4, 0.5) is 5.69 Å². The van der Waals surface area contributed by atoms with Gasteiger partial charge in [-0.25, -0.2) is 0 Å². The van der Waals surface area contributed by atoms with Crippen molar-refractivity contribution in [3.8, 4) is 5.75 Å². The lowest BCUT2D eigenvalue weighted by atomic mass is 10.1. The number of nitrogens with zero attached hydrogens (tertiary/aromatic N) is 1. The number of hydrogen-bond acceptors (Lipinski definition) is 5. The fraction of sp³-hybridized carbons (Fsp3) is 0.174. The van der Waals surface area contributed by atoms with Crippen LogP contribution in [-0.4, -0.2) is 34.2 Å². The van der Waals surface area contributed by atoms with Gasteiger partial charge in [0.2, 0.25) is 0 Å². The summed E-state index contributed by atoms with van der Waals surface area (Å²) in [6, 6.07) is 13.1. The molecule has 0 saturated carbocycles. The van der Waals surface area contributed by atoms with Crippen molar-refractivity contribution in [2.45, 2.75) is 13.8 Å². The molecule has 0 bridgehead atoms. The van der Waals surface area contributed by atoms with Gasteiger partial charge in [0.25, 0.3) is 11.8 Å². The zero-order chi connectivity index (χ0) is 21.7. The normalized spacial score (nSPS) is 14.9. The third kappa shape index (κ3) is 5.17. The molecule has 0 radical (unpaired) electrons. The largest absolute Gasteiger partial charge is 0.484 e. The summed E-state index contributed by atoms with van der Waals surface area (Å²) < 4.78 is 6.17. The molecule has 0 unspecified atom stereocenters. The number of carbonyl (C=O) groups is 2. The Bertz CT molecular complexity index is 1030. The number of thiocarbonyl (C=S) groups is 1. The van der Waals surface area contributed by atoms with Crippen LogP contribution in [-0.2, 0) is 9.59 Å². The van der Waals surface area contributed by atoms with Crippen LogP contribution in [0.3, 0.4) is 0 Å². The Hall–Kier alpha value is -2.90. The summed E-state index contributed by atoms with van der Waals surface area (Å²) in [5.74, 6) is 0.175. The van der Waals surface area contributed by atoms with Gasteiger partial charge in [-0.2, -0.15) is 0 Å². The lowest BCUT2D eigenvalue weighted by Crippen LogP contribution is -2.27. The topological polar surface area (TPSA) is 58.6 Å². The van der Waals surface area contributed by atoms with E-state index in [0.29, 0.717) is 21.5 Å². The molecule has 1 heterocycles. The number of rotatable bonds is 7. The highest BCUT2D eigenvalue weighted by Gasteiger charge is 2.30. The summed E-state index contributed by atoms with van der Waals surface area (Å²) >= 11 is 6.52. The fourth-order valence-corrected chi connectivity index (χ4v) is 4.24. The molecule has 154 valence electrons. The van der Waals surface area contributed by atoms with Crippen LogP contribution in [0.1, 0.15) is 16.7 Å². The van der Waals surface area contributed by atoms with Crippen molar-refractivity contribution >= 4 is 51.9 Å². The first-order valence-corrected chi connectivity index (χ1v) is 10.6. The summed E-state index contributed by atoms with van der Waals surface area (Å²) in [6.07, 6.45) is 3.41. The number of hydrogen-bond donors (Lipinski definition) is 1. The summed E-state index contributed by atoms with van der Waals surface area (Å²) in [6.45, 7) is 7.83. The maximum Gasteiger partial charge on any atom is 0.266 e. The van der Waals surface area contributed by atoms with Crippen molar-refractivity contribution in [3.63, 3.8) is 0 Å². The maximum absolute atomic E-state index is 12.5. The number of benzene rings is 2. The number of nitrogens with one attached hydrogen (secondary N) is 1. The Kier molecular flexibility index (Phi) is 7.07. The first-order valence-electron chi connectivity index (χ1n) is 9.34. The van der Waals surface area contributed by atoms with Crippen LogP contribution in [0.5, 0.6) is 5.75 Å². The van der Waals surface area contributed by atoms with Gasteiger partial charge in [-0.15, -0.1) is 6.58 Å². The monoisotopic (exact) mass is 438 g/mol. The Morgan fingerprint density at radius 2 is 1.93 bits per heavy atom. The highest BCUT2D eigenvalue weighted by molar-refractivity contribution is 8.26. The molecule has 3 rings (SSSR count). The average molecular weight is 439 g/mol. The van der Waals surface area contributed by atoms with Crippen LogP contribution in [0.15, 0.2) is 60.0 Å². The second-order valence-electron chi connectivity index (χ2n) is 6.76. The van der Waals surface area contributed by atoms with Gasteiger partial charge in [-0.05, 0) is 48.7 Å². The van der Waals surface area contributed by atoms with Crippen molar-refractivity contribution in [2.75, 3.05) is 18.5 Å². The molecular weight excluding hydrogens is 416 g/mol. The van der Waals surface area contributed by atoms with Crippen LogP contribution in [0, 0.1) is 13.8 Å². The van der Waals surface area contributed by atoms with Crippen molar-refractivity contribution in [3.05, 3.63) is 76.7 Å². The molecule has 7 heteroatoms. The smallest absolute Gasteiger partial charge is 0.266 e. The second kappa shape index (κ2) is 9.73. The lowest BCUT2D eigenvalue weighted by Gasteiger charge is -2.12. The minimum Gasteiger partial charge on any atom is -0.484 e. The van der Waals surface area contributed by atoms with E-state index in [4.69, 9.17) is 17.0 Å². The van der Waals surface area contributed by atoms with Gasteiger partial charge in [0, 0.05) is 12.2 Å². The van der Waals surface area contributed by atoms with Crippen LogP contribution < -0.4 is 10.1 Å². The molecule has 1 N–H and O–H groups in total. The van der Waals surface area contributed by atoms with Crippen LogP contribution in [0.25, 0.3) is 6.08 Å². The van der Waals surface area contributed by atoms with Gasteiger partial charge >= 0.3 is 0 Å². The summed E-state index contributed by atoms with van der Waals surface area (Å²) in [5.41, 5.74) is 3.60. The Morgan fingerprint density at radius 3 is 2.63 bits per heavy atom. The van der Waals surface area contributed by atoms with Gasteiger partial charge in [-0.1, -0.05) is 60.4 Å². The predicted octanol–water partition coefficient (Wildman–Crippen LogP) is 4.71. The van der Waals surface area contributed by atoms with E-state index in [1.54, 1.807) is 24.3 Å². The quantitative estimate of drug-likeness (QED) is 0.385. The number of thioether (sulfide) groups is 1. The highest BCUT2D eigenvalue weighted by atomic mass is 32.2. The number of aryl methyl sites for hydroxylation is 2. The summed E-state index contributed by atoms with van der Waals surface area (Å²) in [5, 5.41) is 2.90. The molecule has 0 aliphatic carbocycles. The minimum absolute atomic E-state index is 0.112. The predicted molar refractivity (Wildman–Crippen MR) is 127 cm³/mol. The van der Waals surface area contributed by atoms with E-state index in [9.17, 15) is 9.59 Å². The van der Waals surface area contributed by atoms with Gasteiger partial charge in [0.05, 0.1) is 4.91 Å². The maximum atomic E-state index is 12.5. The molecule has 2 aromatic carbocycles. The van der Waals surface area contributed by atoms with Gasteiger partial charge in [0.1, 0.15) is 10.1 Å². The van der Waals surface area contributed by atoms with E-state index in [2.05, 4.69) is 11.9 Å². The standard InChI is InChI=1S/C23H22N2O3S2/c1-4-11-25-22(27)19(30-23(25)29)13-17-9-6-10-18(12-17)28-14-20(26)24-21-15(2)7-5-8-16(21)3/h4-10,12-13H,1,11,14H2,2-3H3,(H,24,26)/b19-13-. The molecule has 2 amide bonds. The fourth-order valence-electron chi connectivity index (χ4n) is 2.97. The first kappa shape index (κ1) is 21.8. The second-order valence-corrected chi connectivity index (χ2v) is 8.43. The third-order valence-corrected chi connectivity index (χ3v) is 5.83. The van der Waals surface area contributed by atoms with Gasteiger partial charge in [0.15, 0.2) is 6.61 Å². The summed E-state index contributed by atoms with van der Waals surface area (Å²) in [7, 11) is 0. The molecule has 2 aromatic rings. The SMILES string of the molecule is C=CCN1C(=O)/C(=C/c2cccc(OCC(=O)Nc3c(C)cccc3C)c2)SC1=S. The molecule has 0 aromatic heterocycles. The van der Waals surface area contributed by atoms with Crippen molar-refractivity contribution < 1.29 is 14.3 Å².